The quantitative estimate of drug-likeness (QED) is 0.770. The third kappa shape index (κ3) is 5.40. The lowest BCUT2D eigenvalue weighted by atomic mass is 10.3. The minimum atomic E-state index is -5.42. The van der Waals surface area contributed by atoms with Gasteiger partial charge in [-0.3, -0.25) is 0 Å². The highest BCUT2D eigenvalue weighted by Gasteiger charge is 2.15. The smallest absolute Gasteiger partial charge is 0.358 e. The molecule has 0 bridgehead atoms. The monoisotopic (exact) mass is 292 g/mol. The summed E-state index contributed by atoms with van der Waals surface area (Å²) in [6, 6.07) is 1.32. The van der Waals surface area contributed by atoms with Gasteiger partial charge < -0.3 is 8.37 Å². The van der Waals surface area contributed by atoms with Crippen LogP contribution in [0.5, 0.6) is 11.5 Å². The van der Waals surface area contributed by atoms with Crippen molar-refractivity contribution in [2.24, 2.45) is 0 Å². The molecule has 0 fully saturated rings. The third-order valence-electron chi connectivity index (χ3n) is 1.24. The Kier molecular flexibility index (Phi) is 3.52. The lowest BCUT2D eigenvalue weighted by Gasteiger charge is -2.03. The molecule has 0 saturated carbocycles. The first-order valence-corrected chi connectivity index (χ1v) is 6.26. The lowest BCUT2D eigenvalue weighted by Crippen LogP contribution is -2.04. The van der Waals surface area contributed by atoms with E-state index in [1.165, 1.54) is 0 Å². The van der Waals surface area contributed by atoms with Gasteiger partial charge in [-0.05, 0) is 0 Å². The van der Waals surface area contributed by atoms with E-state index in [0.29, 0.717) is 18.2 Å². The molecule has 1 aromatic rings. The third-order valence-corrected chi connectivity index (χ3v) is 2.02. The fourth-order valence-electron chi connectivity index (χ4n) is 0.863. The van der Waals surface area contributed by atoms with E-state index in [1.54, 1.807) is 0 Å². The van der Waals surface area contributed by atoms with Crippen LogP contribution in [-0.4, -0.2) is 16.8 Å². The standard InChI is InChI=1S/C6H3F3O6S2/c7-4-1-5(14-16(8,10)11)3-6(2-4)15-17(9,12)13/h1-3H. The molecule has 6 nitrogen and oxygen atoms in total. The van der Waals surface area contributed by atoms with Crippen LogP contribution in [0.15, 0.2) is 18.2 Å². The Morgan fingerprint density at radius 1 is 0.824 bits per heavy atom. The maximum atomic E-state index is 12.8. The summed E-state index contributed by atoms with van der Waals surface area (Å²) in [5.74, 6) is -3.04. The van der Waals surface area contributed by atoms with Crippen LogP contribution in [0.4, 0.5) is 12.2 Å². The van der Waals surface area contributed by atoms with Gasteiger partial charge in [-0.2, -0.15) is 16.8 Å². The summed E-state index contributed by atoms with van der Waals surface area (Å²) in [6.07, 6.45) is 0. The first-order chi connectivity index (χ1) is 7.55. The van der Waals surface area contributed by atoms with Crippen LogP contribution in [-0.2, 0) is 21.0 Å². The van der Waals surface area contributed by atoms with Crippen molar-refractivity contribution in [1.29, 1.82) is 0 Å². The molecule has 96 valence electrons. The second-order valence-electron chi connectivity index (χ2n) is 2.58. The van der Waals surface area contributed by atoms with Gasteiger partial charge in [0.05, 0.1) is 0 Å². The molecule has 0 unspecified atom stereocenters. The van der Waals surface area contributed by atoms with E-state index in [-0.39, 0.29) is 0 Å². The second kappa shape index (κ2) is 4.41. The van der Waals surface area contributed by atoms with E-state index in [9.17, 15) is 29.0 Å². The average Bonchev–Trinajstić information content (AvgIpc) is 1.93. The zero-order valence-electron chi connectivity index (χ0n) is 7.63. The highest BCUT2D eigenvalue weighted by atomic mass is 32.3. The van der Waals surface area contributed by atoms with Gasteiger partial charge in [0.25, 0.3) is 0 Å². The number of rotatable bonds is 4. The molecule has 0 saturated heterocycles. The number of hydrogen-bond acceptors (Lipinski definition) is 6. The first-order valence-electron chi connectivity index (χ1n) is 3.64. The Bertz CT molecular complexity index is 571. The van der Waals surface area contributed by atoms with Crippen molar-refractivity contribution in [2.45, 2.75) is 0 Å². The van der Waals surface area contributed by atoms with Crippen LogP contribution >= 0.6 is 0 Å². The van der Waals surface area contributed by atoms with Gasteiger partial charge >= 0.3 is 21.0 Å². The number of benzene rings is 1. The molecular formula is C6H3F3O6S2. The maximum absolute atomic E-state index is 12.8. The highest BCUT2D eigenvalue weighted by Crippen LogP contribution is 2.24. The maximum Gasteiger partial charge on any atom is 0.488 e. The Balaban J connectivity index is 3.11. The Labute approximate surface area is 94.4 Å². The topological polar surface area (TPSA) is 86.7 Å². The SMILES string of the molecule is O=S(=O)(F)Oc1cc(F)cc(OS(=O)(=O)F)c1. The summed E-state index contributed by atoms with van der Waals surface area (Å²) in [5.41, 5.74) is 0. The van der Waals surface area contributed by atoms with Crippen LogP contribution in [0.1, 0.15) is 0 Å². The molecule has 0 spiro atoms. The van der Waals surface area contributed by atoms with Crippen molar-refractivity contribution < 1.29 is 37.4 Å². The predicted octanol–water partition coefficient (Wildman–Crippen LogP) is 1.01. The summed E-state index contributed by atoms with van der Waals surface area (Å²) in [7, 11) is -10.8. The highest BCUT2D eigenvalue weighted by molar-refractivity contribution is 7.82. The summed E-state index contributed by atoms with van der Waals surface area (Å²) >= 11 is 0. The lowest BCUT2D eigenvalue weighted by molar-refractivity contribution is 0.429. The zero-order chi connectivity index (χ0) is 13.3. The van der Waals surface area contributed by atoms with Crippen molar-refractivity contribution in [3.8, 4) is 11.5 Å². The van der Waals surface area contributed by atoms with E-state index in [0.717, 1.165) is 0 Å². The van der Waals surface area contributed by atoms with Gasteiger partial charge in [-0.25, -0.2) is 4.39 Å². The summed E-state index contributed by atoms with van der Waals surface area (Å²) in [5, 5.41) is 0. The predicted molar refractivity (Wildman–Crippen MR) is 47.7 cm³/mol. The van der Waals surface area contributed by atoms with Crippen LogP contribution < -0.4 is 8.37 Å². The molecule has 17 heavy (non-hydrogen) atoms. The van der Waals surface area contributed by atoms with Crippen molar-refractivity contribution in [1.82, 2.24) is 0 Å². The molecule has 1 aromatic carbocycles. The number of halogens is 3. The summed E-state index contributed by atoms with van der Waals surface area (Å²) in [6.45, 7) is 0. The van der Waals surface area contributed by atoms with Crippen molar-refractivity contribution in [3.63, 3.8) is 0 Å². The van der Waals surface area contributed by atoms with Crippen LogP contribution in [0.2, 0.25) is 0 Å². The summed E-state index contributed by atoms with van der Waals surface area (Å²) in [4.78, 5) is 0. The van der Waals surface area contributed by atoms with Gasteiger partial charge in [-0.1, -0.05) is 7.77 Å². The minimum absolute atomic E-state index is 0.425. The molecule has 0 radical (unpaired) electrons. The van der Waals surface area contributed by atoms with Crippen molar-refractivity contribution in [3.05, 3.63) is 24.0 Å². The van der Waals surface area contributed by atoms with Gasteiger partial charge in [0, 0.05) is 18.2 Å². The Morgan fingerprint density at radius 2 is 1.18 bits per heavy atom. The second-order valence-corrected chi connectivity index (χ2v) is 4.48. The largest absolute Gasteiger partial charge is 0.488 e. The zero-order valence-corrected chi connectivity index (χ0v) is 9.26. The molecule has 0 amide bonds. The van der Waals surface area contributed by atoms with Crippen LogP contribution in [0, 0.1) is 5.82 Å². The van der Waals surface area contributed by atoms with Gasteiger partial charge in [-0.15, -0.1) is 0 Å². The Morgan fingerprint density at radius 3 is 1.47 bits per heavy atom. The van der Waals surface area contributed by atoms with Crippen LogP contribution in [0.25, 0.3) is 0 Å². The molecular weight excluding hydrogens is 289 g/mol. The minimum Gasteiger partial charge on any atom is -0.358 e. The average molecular weight is 292 g/mol. The molecule has 0 aliphatic heterocycles. The van der Waals surface area contributed by atoms with E-state index in [1.807, 2.05) is 0 Å². The van der Waals surface area contributed by atoms with Gasteiger partial charge in [0.15, 0.2) is 11.5 Å². The molecule has 0 N–H and O–H groups in total. The fourth-order valence-corrected chi connectivity index (χ4v) is 1.52. The molecule has 1 rings (SSSR count). The van der Waals surface area contributed by atoms with E-state index < -0.39 is 38.3 Å². The van der Waals surface area contributed by atoms with Crippen LogP contribution in [0.3, 0.4) is 0 Å². The molecule has 0 aromatic heterocycles. The molecule has 0 atom stereocenters. The Hall–Kier alpha value is -1.49. The van der Waals surface area contributed by atoms with E-state index in [4.69, 9.17) is 0 Å². The molecule has 0 aliphatic carbocycles. The van der Waals surface area contributed by atoms with Crippen molar-refractivity contribution >= 4 is 21.0 Å². The van der Waals surface area contributed by atoms with Crippen molar-refractivity contribution in [2.75, 3.05) is 0 Å². The summed E-state index contributed by atoms with van der Waals surface area (Å²) < 4.78 is 84.4. The van der Waals surface area contributed by atoms with E-state index >= 15 is 0 Å². The molecule has 0 heterocycles. The molecule has 11 heteroatoms. The van der Waals surface area contributed by atoms with E-state index in [2.05, 4.69) is 8.37 Å². The normalized spacial score (nSPS) is 12.2. The fraction of sp³-hybridized carbons (Fsp3) is 0. The van der Waals surface area contributed by atoms with Gasteiger partial charge in [0.2, 0.25) is 0 Å². The first kappa shape index (κ1) is 13.6. The van der Waals surface area contributed by atoms with Gasteiger partial charge in [0.1, 0.15) is 5.82 Å². The number of hydrogen-bond donors (Lipinski definition) is 0. The molecule has 0 aliphatic rings.